The molecule has 6 heteroatoms. The van der Waals surface area contributed by atoms with Gasteiger partial charge < -0.3 is 10.6 Å². The molecule has 2 heterocycles. The van der Waals surface area contributed by atoms with E-state index in [1.165, 1.54) is 11.1 Å². The van der Waals surface area contributed by atoms with Gasteiger partial charge in [-0.1, -0.05) is 60.2 Å². The summed E-state index contributed by atoms with van der Waals surface area (Å²) in [6.45, 7) is 2.76. The number of carbonyl (C=O) groups is 1. The first-order valence-electron chi connectivity index (χ1n) is 10.7. The summed E-state index contributed by atoms with van der Waals surface area (Å²) in [5.41, 5.74) is 5.33. The van der Waals surface area contributed by atoms with E-state index in [-0.39, 0.29) is 5.91 Å². The molecule has 1 amide bonds. The zero-order valence-corrected chi connectivity index (χ0v) is 18.3. The minimum atomic E-state index is -0.471. The summed E-state index contributed by atoms with van der Waals surface area (Å²) < 4.78 is 1.75. The predicted octanol–water partition coefficient (Wildman–Crippen LogP) is 4.30. The highest BCUT2D eigenvalue weighted by Crippen LogP contribution is 2.20. The van der Waals surface area contributed by atoms with Crippen molar-refractivity contribution in [2.75, 3.05) is 11.9 Å². The number of aryl methyl sites for hydroxylation is 2. The van der Waals surface area contributed by atoms with Gasteiger partial charge in [-0.2, -0.15) is 5.10 Å². The second-order valence-corrected chi connectivity index (χ2v) is 7.86. The first-order chi connectivity index (χ1) is 15.6. The van der Waals surface area contributed by atoms with Crippen LogP contribution in [-0.4, -0.2) is 27.2 Å². The molecule has 0 fully saturated rings. The van der Waals surface area contributed by atoms with Gasteiger partial charge in [-0.3, -0.25) is 9.48 Å². The first kappa shape index (κ1) is 21.5. The Morgan fingerprint density at radius 3 is 2.41 bits per heavy atom. The molecular weight excluding hydrogens is 398 g/mol. The summed E-state index contributed by atoms with van der Waals surface area (Å²) in [7, 11) is 1.88. The molecule has 2 aromatic carbocycles. The van der Waals surface area contributed by atoms with Crippen LogP contribution in [0.5, 0.6) is 0 Å². The van der Waals surface area contributed by atoms with Crippen LogP contribution in [0.3, 0.4) is 0 Å². The molecule has 0 bridgehead atoms. The number of carbonyl (C=O) groups excluding carboxylic acids is 1. The molecule has 0 radical (unpaired) electrons. The Bertz CT molecular complexity index is 1150. The van der Waals surface area contributed by atoms with Gasteiger partial charge in [-0.15, -0.1) is 0 Å². The molecule has 6 nitrogen and oxygen atoms in total. The van der Waals surface area contributed by atoms with Gasteiger partial charge in [-0.05, 0) is 36.6 Å². The summed E-state index contributed by atoms with van der Waals surface area (Å²) in [6, 6.07) is 21.5. The first-order valence-corrected chi connectivity index (χ1v) is 10.7. The molecule has 2 N–H and O–H groups in total. The van der Waals surface area contributed by atoms with Crippen LogP contribution in [0.25, 0.3) is 11.1 Å². The van der Waals surface area contributed by atoms with Gasteiger partial charge in [0.05, 0.1) is 6.20 Å². The fourth-order valence-electron chi connectivity index (χ4n) is 3.53. The van der Waals surface area contributed by atoms with E-state index in [1.807, 2.05) is 55.7 Å². The normalized spacial score (nSPS) is 11.8. The Morgan fingerprint density at radius 2 is 1.75 bits per heavy atom. The number of anilines is 1. The van der Waals surface area contributed by atoms with Crippen molar-refractivity contribution in [1.82, 2.24) is 20.1 Å². The molecule has 32 heavy (non-hydrogen) atoms. The monoisotopic (exact) mass is 425 g/mol. The Hall–Kier alpha value is -3.77. The van der Waals surface area contributed by atoms with E-state index < -0.39 is 6.04 Å². The topological polar surface area (TPSA) is 71.8 Å². The molecule has 0 saturated heterocycles. The lowest BCUT2D eigenvalue weighted by molar-refractivity contribution is -0.118. The lowest BCUT2D eigenvalue weighted by Crippen LogP contribution is -2.34. The molecule has 0 unspecified atom stereocenters. The van der Waals surface area contributed by atoms with E-state index in [0.29, 0.717) is 12.4 Å². The zero-order valence-electron chi connectivity index (χ0n) is 18.3. The van der Waals surface area contributed by atoms with Gasteiger partial charge in [0.25, 0.3) is 0 Å². The third-order valence-corrected chi connectivity index (χ3v) is 5.33. The van der Waals surface area contributed by atoms with Gasteiger partial charge in [0.2, 0.25) is 5.91 Å². The van der Waals surface area contributed by atoms with E-state index in [0.717, 1.165) is 23.1 Å². The smallest absolute Gasteiger partial charge is 0.247 e. The van der Waals surface area contributed by atoms with Crippen molar-refractivity contribution < 1.29 is 4.79 Å². The lowest BCUT2D eigenvalue weighted by Gasteiger charge is -2.19. The maximum absolute atomic E-state index is 13.1. The Labute approximate surface area is 188 Å². The summed E-state index contributed by atoms with van der Waals surface area (Å²) in [4.78, 5) is 17.6. The maximum atomic E-state index is 13.1. The second-order valence-electron chi connectivity index (χ2n) is 7.86. The van der Waals surface area contributed by atoms with Gasteiger partial charge in [0.1, 0.15) is 11.9 Å². The number of nitrogens with one attached hydrogen (secondary N) is 2. The largest absolute Gasteiger partial charge is 0.309 e. The highest BCUT2D eigenvalue weighted by Gasteiger charge is 2.20. The van der Waals surface area contributed by atoms with Gasteiger partial charge in [0.15, 0.2) is 0 Å². The molecule has 1 atom stereocenters. The van der Waals surface area contributed by atoms with Crippen molar-refractivity contribution in [2.45, 2.75) is 19.4 Å². The van der Waals surface area contributed by atoms with E-state index in [2.05, 4.69) is 51.9 Å². The van der Waals surface area contributed by atoms with Crippen molar-refractivity contribution in [1.29, 1.82) is 0 Å². The number of hydrogen-bond acceptors (Lipinski definition) is 4. The maximum Gasteiger partial charge on any atom is 0.247 e. The Morgan fingerprint density at radius 1 is 0.969 bits per heavy atom. The molecule has 162 valence electrons. The van der Waals surface area contributed by atoms with Crippen molar-refractivity contribution in [3.05, 3.63) is 102 Å². The standard InChI is InChI=1S/C26H27N5O/c1-19-8-10-20(11-9-19)14-15-27-25(21-6-4-3-5-7-21)26(32)30-24-13-12-22(16-28-24)23-17-29-31(2)18-23/h3-13,16-18,25,27H,14-15H2,1-2H3,(H,28,30,32)/t25-/m1/s1. The molecular formula is C26H27N5O. The average Bonchev–Trinajstić information content (AvgIpc) is 3.25. The minimum absolute atomic E-state index is 0.137. The fraction of sp³-hybridized carbons (Fsp3) is 0.192. The Balaban J connectivity index is 1.43. The molecule has 4 rings (SSSR count). The highest BCUT2D eigenvalue weighted by atomic mass is 16.2. The van der Waals surface area contributed by atoms with E-state index in [1.54, 1.807) is 17.1 Å². The van der Waals surface area contributed by atoms with E-state index in [4.69, 9.17) is 0 Å². The van der Waals surface area contributed by atoms with E-state index in [9.17, 15) is 4.79 Å². The number of rotatable bonds is 8. The van der Waals surface area contributed by atoms with E-state index >= 15 is 0 Å². The molecule has 0 aliphatic carbocycles. The number of aromatic nitrogens is 3. The van der Waals surface area contributed by atoms with Crippen LogP contribution >= 0.6 is 0 Å². The third-order valence-electron chi connectivity index (χ3n) is 5.33. The second kappa shape index (κ2) is 10.0. The number of amides is 1. The Kier molecular flexibility index (Phi) is 6.72. The number of benzene rings is 2. The summed E-state index contributed by atoms with van der Waals surface area (Å²) in [5, 5.41) is 10.5. The number of hydrogen-bond donors (Lipinski definition) is 2. The third kappa shape index (κ3) is 5.47. The van der Waals surface area contributed by atoms with Crippen LogP contribution < -0.4 is 10.6 Å². The minimum Gasteiger partial charge on any atom is -0.309 e. The summed E-state index contributed by atoms with van der Waals surface area (Å²) >= 11 is 0. The molecule has 0 aliphatic heterocycles. The van der Waals surface area contributed by atoms with Crippen molar-refractivity contribution >= 4 is 11.7 Å². The van der Waals surface area contributed by atoms with Crippen molar-refractivity contribution in [3.63, 3.8) is 0 Å². The molecule has 4 aromatic rings. The number of pyridine rings is 1. The lowest BCUT2D eigenvalue weighted by atomic mass is 10.1. The molecule has 0 aliphatic rings. The summed E-state index contributed by atoms with van der Waals surface area (Å²) in [6.07, 6.45) is 6.31. The van der Waals surface area contributed by atoms with Crippen LogP contribution in [0.1, 0.15) is 22.7 Å². The van der Waals surface area contributed by atoms with Crippen molar-refractivity contribution in [2.24, 2.45) is 7.05 Å². The SMILES string of the molecule is Cc1ccc(CCN[C@@H](C(=O)Nc2ccc(-c3cnn(C)c3)cn2)c2ccccc2)cc1. The predicted molar refractivity (Wildman–Crippen MR) is 127 cm³/mol. The van der Waals surface area contributed by atoms with Crippen LogP contribution in [0.4, 0.5) is 5.82 Å². The van der Waals surface area contributed by atoms with Crippen LogP contribution in [0.15, 0.2) is 85.3 Å². The zero-order chi connectivity index (χ0) is 22.3. The quantitative estimate of drug-likeness (QED) is 0.441. The van der Waals surface area contributed by atoms with Crippen LogP contribution in [0, 0.1) is 6.92 Å². The summed E-state index contributed by atoms with van der Waals surface area (Å²) in [5.74, 6) is 0.380. The molecule has 2 aromatic heterocycles. The fourth-order valence-corrected chi connectivity index (χ4v) is 3.53. The van der Waals surface area contributed by atoms with Crippen LogP contribution in [-0.2, 0) is 18.3 Å². The van der Waals surface area contributed by atoms with Crippen molar-refractivity contribution in [3.8, 4) is 11.1 Å². The molecule has 0 saturated carbocycles. The highest BCUT2D eigenvalue weighted by molar-refractivity contribution is 5.94. The van der Waals surface area contributed by atoms with Gasteiger partial charge in [-0.25, -0.2) is 4.98 Å². The van der Waals surface area contributed by atoms with Gasteiger partial charge in [0, 0.05) is 37.1 Å². The van der Waals surface area contributed by atoms with Gasteiger partial charge >= 0.3 is 0 Å². The van der Waals surface area contributed by atoms with Crippen LogP contribution in [0.2, 0.25) is 0 Å². The number of nitrogens with zero attached hydrogens (tertiary/aromatic N) is 3. The average molecular weight is 426 g/mol. The molecule has 0 spiro atoms.